The molecule has 8 heteroatoms. The predicted molar refractivity (Wildman–Crippen MR) is 95.0 cm³/mol. The predicted octanol–water partition coefficient (Wildman–Crippen LogP) is 2.89. The molecule has 1 fully saturated rings. The molecule has 2 aromatic rings. The van der Waals surface area contributed by atoms with E-state index in [-0.39, 0.29) is 25.1 Å². The Hall–Kier alpha value is -3.03. The third-order valence-corrected chi connectivity index (χ3v) is 4.63. The van der Waals surface area contributed by atoms with Gasteiger partial charge in [0.25, 0.3) is 5.91 Å². The first-order chi connectivity index (χ1) is 13.3. The monoisotopic (exact) mass is 392 g/mol. The number of piperidine rings is 1. The van der Waals surface area contributed by atoms with Crippen LogP contribution in [0.1, 0.15) is 23.2 Å². The van der Waals surface area contributed by atoms with E-state index in [1.165, 1.54) is 29.2 Å². The van der Waals surface area contributed by atoms with Crippen molar-refractivity contribution in [1.82, 2.24) is 4.90 Å². The molecule has 28 heavy (non-hydrogen) atoms. The van der Waals surface area contributed by atoms with E-state index in [9.17, 15) is 22.8 Å². The van der Waals surface area contributed by atoms with Gasteiger partial charge in [-0.25, -0.2) is 13.2 Å². The van der Waals surface area contributed by atoms with Crippen LogP contribution in [0, 0.1) is 23.4 Å². The summed E-state index contributed by atoms with van der Waals surface area (Å²) in [4.78, 5) is 25.5. The summed E-state index contributed by atoms with van der Waals surface area (Å²) >= 11 is 0. The molecule has 1 saturated heterocycles. The lowest BCUT2D eigenvalue weighted by Gasteiger charge is -2.38. The third kappa shape index (κ3) is 4.82. The van der Waals surface area contributed by atoms with Gasteiger partial charge in [-0.05, 0) is 36.4 Å². The van der Waals surface area contributed by atoms with Crippen molar-refractivity contribution in [3.8, 4) is 5.75 Å². The van der Waals surface area contributed by atoms with Gasteiger partial charge in [0, 0.05) is 43.5 Å². The lowest BCUT2D eigenvalue weighted by Crippen LogP contribution is -2.49. The number of carbonyl (C=O) groups is 2. The number of carbonyl (C=O) groups excluding carboxylic acids is 2. The third-order valence-electron chi connectivity index (χ3n) is 4.63. The molecule has 148 valence electrons. The van der Waals surface area contributed by atoms with Gasteiger partial charge in [0.1, 0.15) is 29.3 Å². The van der Waals surface area contributed by atoms with E-state index in [2.05, 4.69) is 0 Å². The number of likely N-dealkylation sites (tertiary alicyclic amines) is 1. The summed E-state index contributed by atoms with van der Waals surface area (Å²) in [6.45, 7) is 0.420. The molecule has 3 rings (SSSR count). The number of primary amides is 1. The van der Waals surface area contributed by atoms with E-state index in [1.807, 2.05) is 0 Å². The number of ether oxygens (including phenoxy) is 1. The van der Waals surface area contributed by atoms with Crippen LogP contribution in [-0.2, 0) is 4.79 Å². The zero-order valence-electron chi connectivity index (χ0n) is 14.9. The minimum absolute atomic E-state index is 0.0207. The lowest BCUT2D eigenvalue weighted by molar-refractivity contribution is -0.120. The van der Waals surface area contributed by atoms with E-state index < -0.39 is 41.3 Å². The molecule has 2 atom stereocenters. The molecule has 2 aromatic carbocycles. The summed E-state index contributed by atoms with van der Waals surface area (Å²) in [5.74, 6) is -3.13. The molecule has 0 unspecified atom stereocenters. The van der Waals surface area contributed by atoms with Crippen LogP contribution in [-0.4, -0.2) is 35.9 Å². The number of hydrogen-bond acceptors (Lipinski definition) is 3. The van der Waals surface area contributed by atoms with Crippen LogP contribution < -0.4 is 10.5 Å². The van der Waals surface area contributed by atoms with Gasteiger partial charge in [-0.15, -0.1) is 0 Å². The fourth-order valence-electron chi connectivity index (χ4n) is 3.35. The largest absolute Gasteiger partial charge is 0.490 e. The molecule has 0 bridgehead atoms. The standard InChI is InChI=1S/C20H19F3N2O3/c21-14-1-3-17(4-2-14)28-18-5-6-25(11-13(18)9-19(24)26)20(27)12-7-15(22)10-16(23)8-12/h1-4,7-8,10,13,18H,5-6,9,11H2,(H2,24,26)/t13-,18-/m0/s1. The van der Waals surface area contributed by atoms with Crippen molar-refractivity contribution in [3.63, 3.8) is 0 Å². The van der Waals surface area contributed by atoms with E-state index in [1.54, 1.807) is 0 Å². The normalized spacial score (nSPS) is 19.3. The Bertz CT molecular complexity index is 853. The summed E-state index contributed by atoms with van der Waals surface area (Å²) in [5, 5.41) is 0. The average Bonchev–Trinajstić information content (AvgIpc) is 2.63. The molecular weight excluding hydrogens is 373 g/mol. The highest BCUT2D eigenvalue weighted by Crippen LogP contribution is 2.27. The molecule has 2 amide bonds. The molecule has 0 radical (unpaired) electrons. The van der Waals surface area contributed by atoms with Crippen LogP contribution in [0.4, 0.5) is 13.2 Å². The van der Waals surface area contributed by atoms with E-state index in [0.717, 1.165) is 12.1 Å². The van der Waals surface area contributed by atoms with Crippen LogP contribution in [0.2, 0.25) is 0 Å². The number of nitrogens with zero attached hydrogens (tertiary/aromatic N) is 1. The highest BCUT2D eigenvalue weighted by atomic mass is 19.1. The summed E-state index contributed by atoms with van der Waals surface area (Å²) in [6, 6.07) is 8.10. The highest BCUT2D eigenvalue weighted by Gasteiger charge is 2.34. The Balaban J connectivity index is 1.74. The number of hydrogen-bond donors (Lipinski definition) is 1. The van der Waals surface area contributed by atoms with E-state index >= 15 is 0 Å². The molecule has 1 heterocycles. The first-order valence-corrected chi connectivity index (χ1v) is 8.77. The summed E-state index contributed by atoms with van der Waals surface area (Å²) in [5.41, 5.74) is 5.22. The maximum absolute atomic E-state index is 13.4. The van der Waals surface area contributed by atoms with Gasteiger partial charge in [-0.2, -0.15) is 0 Å². The molecular formula is C20H19F3N2O3. The summed E-state index contributed by atoms with van der Waals surface area (Å²) < 4.78 is 45.8. The minimum Gasteiger partial charge on any atom is -0.490 e. The fraction of sp³-hybridized carbons (Fsp3) is 0.300. The zero-order valence-corrected chi connectivity index (χ0v) is 14.9. The molecule has 0 saturated carbocycles. The summed E-state index contributed by atoms with van der Waals surface area (Å²) in [6.07, 6.45) is -0.0438. The van der Waals surface area contributed by atoms with Crippen LogP contribution in [0.3, 0.4) is 0 Å². The molecule has 2 N–H and O–H groups in total. The van der Waals surface area contributed by atoms with Crippen LogP contribution in [0.25, 0.3) is 0 Å². The molecule has 0 aliphatic carbocycles. The second-order valence-corrected chi connectivity index (χ2v) is 6.74. The number of amides is 2. The van der Waals surface area contributed by atoms with Gasteiger partial charge in [-0.3, -0.25) is 9.59 Å². The SMILES string of the molecule is NC(=O)C[C@H]1CN(C(=O)c2cc(F)cc(F)c2)CC[C@@H]1Oc1ccc(F)cc1. The molecule has 1 aliphatic heterocycles. The van der Waals surface area contributed by atoms with Gasteiger partial charge in [0.05, 0.1) is 0 Å². The molecule has 1 aliphatic rings. The topological polar surface area (TPSA) is 72.6 Å². The Kier molecular flexibility index (Phi) is 5.87. The van der Waals surface area contributed by atoms with Gasteiger partial charge in [0.15, 0.2) is 0 Å². The first kappa shape index (κ1) is 19.7. The van der Waals surface area contributed by atoms with Crippen LogP contribution in [0.15, 0.2) is 42.5 Å². The second-order valence-electron chi connectivity index (χ2n) is 6.74. The zero-order chi connectivity index (χ0) is 20.3. The quantitative estimate of drug-likeness (QED) is 0.851. The average molecular weight is 392 g/mol. The van der Waals surface area contributed by atoms with Crippen molar-refractivity contribution in [2.75, 3.05) is 13.1 Å². The second kappa shape index (κ2) is 8.33. The smallest absolute Gasteiger partial charge is 0.254 e. The maximum Gasteiger partial charge on any atom is 0.254 e. The van der Waals surface area contributed by atoms with Crippen molar-refractivity contribution < 1.29 is 27.5 Å². The van der Waals surface area contributed by atoms with E-state index in [4.69, 9.17) is 10.5 Å². The summed E-state index contributed by atoms with van der Waals surface area (Å²) in [7, 11) is 0. The van der Waals surface area contributed by atoms with Crippen molar-refractivity contribution in [2.45, 2.75) is 18.9 Å². The first-order valence-electron chi connectivity index (χ1n) is 8.77. The van der Waals surface area contributed by atoms with Crippen molar-refractivity contribution >= 4 is 11.8 Å². The van der Waals surface area contributed by atoms with Crippen LogP contribution >= 0.6 is 0 Å². The van der Waals surface area contributed by atoms with Gasteiger partial charge in [-0.1, -0.05) is 0 Å². The lowest BCUT2D eigenvalue weighted by atomic mass is 9.90. The molecule has 5 nitrogen and oxygen atoms in total. The van der Waals surface area contributed by atoms with Crippen molar-refractivity contribution in [1.29, 1.82) is 0 Å². The molecule has 0 aromatic heterocycles. The fourth-order valence-corrected chi connectivity index (χ4v) is 3.35. The number of nitrogens with two attached hydrogens (primary N) is 1. The number of halogens is 3. The Morgan fingerprint density at radius 2 is 1.68 bits per heavy atom. The minimum atomic E-state index is -0.841. The Labute approximate surface area is 159 Å². The van der Waals surface area contributed by atoms with Gasteiger partial charge in [0.2, 0.25) is 5.91 Å². The number of benzene rings is 2. The highest BCUT2D eigenvalue weighted by molar-refractivity contribution is 5.94. The van der Waals surface area contributed by atoms with Gasteiger partial charge >= 0.3 is 0 Å². The van der Waals surface area contributed by atoms with E-state index in [0.29, 0.717) is 18.2 Å². The van der Waals surface area contributed by atoms with Crippen molar-refractivity contribution in [3.05, 3.63) is 65.5 Å². The van der Waals surface area contributed by atoms with Crippen LogP contribution in [0.5, 0.6) is 5.75 Å². The van der Waals surface area contributed by atoms with Crippen molar-refractivity contribution in [2.24, 2.45) is 11.7 Å². The molecule has 0 spiro atoms. The maximum atomic E-state index is 13.4. The Morgan fingerprint density at radius 3 is 2.29 bits per heavy atom. The number of rotatable bonds is 5. The Morgan fingerprint density at radius 1 is 1.04 bits per heavy atom. The van der Waals surface area contributed by atoms with Gasteiger partial charge < -0.3 is 15.4 Å².